The average Bonchev–Trinajstić information content (AvgIpc) is 2.38. The van der Waals surface area contributed by atoms with E-state index in [1.54, 1.807) is 14.0 Å². The lowest BCUT2D eigenvalue weighted by Gasteiger charge is -2.12. The van der Waals surface area contributed by atoms with Gasteiger partial charge in [-0.3, -0.25) is 9.59 Å². The van der Waals surface area contributed by atoms with E-state index in [2.05, 4.69) is 15.6 Å². The van der Waals surface area contributed by atoms with Crippen LogP contribution in [0.1, 0.15) is 17.3 Å². The van der Waals surface area contributed by atoms with Gasteiger partial charge in [-0.15, -0.1) is 24.8 Å². The van der Waals surface area contributed by atoms with Crippen molar-refractivity contribution in [3.63, 3.8) is 0 Å². The zero-order valence-electron chi connectivity index (χ0n) is 12.0. The number of ether oxygens (including phenoxy) is 1. The lowest BCUT2D eigenvalue weighted by molar-refractivity contribution is -0.119. The Balaban J connectivity index is 0. The van der Waals surface area contributed by atoms with Crippen LogP contribution in [0.25, 0.3) is 0 Å². The number of halogens is 2. The van der Waals surface area contributed by atoms with Gasteiger partial charge < -0.3 is 21.1 Å². The predicted octanol–water partition coefficient (Wildman–Crippen LogP) is 0.827. The van der Waals surface area contributed by atoms with Gasteiger partial charge in [-0.05, 0) is 13.1 Å². The van der Waals surface area contributed by atoms with Crippen molar-refractivity contribution in [2.45, 2.75) is 6.92 Å². The monoisotopic (exact) mass is 338 g/mol. The van der Waals surface area contributed by atoms with E-state index in [4.69, 9.17) is 10.5 Å². The first-order valence-electron chi connectivity index (χ1n) is 5.78. The Morgan fingerprint density at radius 1 is 1.43 bits per heavy atom. The van der Waals surface area contributed by atoms with E-state index in [0.29, 0.717) is 12.2 Å². The van der Waals surface area contributed by atoms with E-state index in [-0.39, 0.29) is 48.1 Å². The molecule has 0 fully saturated rings. The van der Waals surface area contributed by atoms with Crippen LogP contribution < -0.4 is 21.1 Å². The largest absolute Gasteiger partial charge is 0.480 e. The fourth-order valence-electron chi connectivity index (χ4n) is 1.52. The molecule has 0 radical (unpaired) electrons. The molecule has 0 saturated carbocycles. The number of anilines is 1. The van der Waals surface area contributed by atoms with E-state index in [9.17, 15) is 9.59 Å². The molecule has 4 N–H and O–H groups in total. The Hall–Kier alpha value is -1.57. The molecular weight excluding hydrogens is 319 g/mol. The van der Waals surface area contributed by atoms with Gasteiger partial charge in [0.1, 0.15) is 5.56 Å². The second kappa shape index (κ2) is 10.2. The SMILES string of the molecule is CNCC(C)C(=O)Nc1cnc(OC)c(C(N)=O)c1.Cl.Cl. The van der Waals surface area contributed by atoms with Crippen molar-refractivity contribution in [3.05, 3.63) is 17.8 Å². The van der Waals surface area contributed by atoms with Crippen LogP contribution in [0, 0.1) is 5.92 Å². The maximum atomic E-state index is 11.8. The highest BCUT2D eigenvalue weighted by molar-refractivity contribution is 5.98. The van der Waals surface area contributed by atoms with Crippen molar-refractivity contribution in [1.29, 1.82) is 0 Å². The van der Waals surface area contributed by atoms with Gasteiger partial charge in [0.15, 0.2) is 0 Å². The molecule has 9 heteroatoms. The summed E-state index contributed by atoms with van der Waals surface area (Å²) in [5.41, 5.74) is 5.75. The smallest absolute Gasteiger partial charge is 0.254 e. The maximum absolute atomic E-state index is 11.8. The summed E-state index contributed by atoms with van der Waals surface area (Å²) >= 11 is 0. The normalized spacial score (nSPS) is 10.6. The molecule has 7 nitrogen and oxygen atoms in total. The minimum Gasteiger partial charge on any atom is -0.480 e. The standard InChI is InChI=1S/C12H18N4O3.2ClH/c1-7(5-14-2)11(18)16-8-4-9(10(13)17)12(19-3)15-6-8;;/h4,6-7,14H,5H2,1-3H3,(H2,13,17)(H,16,18);2*1H. The number of methoxy groups -OCH3 is 1. The Kier molecular flexibility index (Phi) is 10.6. The number of nitrogens with two attached hydrogens (primary N) is 1. The van der Waals surface area contributed by atoms with Gasteiger partial charge in [0, 0.05) is 12.5 Å². The van der Waals surface area contributed by atoms with Gasteiger partial charge in [-0.25, -0.2) is 4.98 Å². The summed E-state index contributed by atoms with van der Waals surface area (Å²) in [5, 5.41) is 5.58. The Morgan fingerprint density at radius 3 is 2.52 bits per heavy atom. The molecule has 21 heavy (non-hydrogen) atoms. The number of nitrogens with zero attached hydrogens (tertiary/aromatic N) is 1. The Bertz CT molecular complexity index is 486. The van der Waals surface area contributed by atoms with Crippen LogP contribution in [0.3, 0.4) is 0 Å². The molecule has 0 aliphatic heterocycles. The number of nitrogens with one attached hydrogen (secondary N) is 2. The summed E-state index contributed by atoms with van der Waals surface area (Å²) in [6.07, 6.45) is 1.41. The predicted molar refractivity (Wildman–Crippen MR) is 85.5 cm³/mol. The molecule has 0 aromatic carbocycles. The summed E-state index contributed by atoms with van der Waals surface area (Å²) in [4.78, 5) is 27.0. The zero-order chi connectivity index (χ0) is 14.4. The maximum Gasteiger partial charge on any atom is 0.254 e. The zero-order valence-corrected chi connectivity index (χ0v) is 13.6. The third kappa shape index (κ3) is 6.16. The molecule has 1 unspecified atom stereocenters. The third-order valence-corrected chi connectivity index (χ3v) is 2.54. The van der Waals surface area contributed by atoms with Gasteiger partial charge >= 0.3 is 0 Å². The number of primary amides is 1. The van der Waals surface area contributed by atoms with Gasteiger partial charge in [-0.1, -0.05) is 6.92 Å². The molecule has 1 heterocycles. The Labute approximate surface area is 135 Å². The molecule has 0 aliphatic carbocycles. The summed E-state index contributed by atoms with van der Waals surface area (Å²) < 4.78 is 4.92. The fourth-order valence-corrected chi connectivity index (χ4v) is 1.52. The highest BCUT2D eigenvalue weighted by Gasteiger charge is 2.15. The number of aromatic nitrogens is 1. The van der Waals surface area contributed by atoms with Gasteiger partial charge in [0.05, 0.1) is 19.0 Å². The lowest BCUT2D eigenvalue weighted by Crippen LogP contribution is -2.28. The van der Waals surface area contributed by atoms with Crippen molar-refractivity contribution in [3.8, 4) is 5.88 Å². The minimum atomic E-state index is -0.663. The first-order chi connectivity index (χ1) is 8.99. The van der Waals surface area contributed by atoms with Crippen LogP contribution in [-0.4, -0.2) is 37.5 Å². The molecule has 1 atom stereocenters. The van der Waals surface area contributed by atoms with Crippen LogP contribution in [0.2, 0.25) is 0 Å². The van der Waals surface area contributed by atoms with E-state index < -0.39 is 5.91 Å². The van der Waals surface area contributed by atoms with Crippen molar-refractivity contribution in [2.24, 2.45) is 11.7 Å². The molecule has 0 bridgehead atoms. The third-order valence-electron chi connectivity index (χ3n) is 2.54. The second-order valence-electron chi connectivity index (χ2n) is 4.09. The topological polar surface area (TPSA) is 106 Å². The summed E-state index contributed by atoms with van der Waals surface area (Å²) in [6.45, 7) is 2.34. The molecule has 0 saturated heterocycles. The number of rotatable bonds is 6. The van der Waals surface area contributed by atoms with Crippen LogP contribution in [0.5, 0.6) is 5.88 Å². The van der Waals surface area contributed by atoms with Crippen LogP contribution in [0.15, 0.2) is 12.3 Å². The van der Waals surface area contributed by atoms with Crippen LogP contribution in [-0.2, 0) is 4.79 Å². The number of amides is 2. The van der Waals surface area contributed by atoms with Crippen molar-refractivity contribution in [1.82, 2.24) is 10.3 Å². The highest BCUT2D eigenvalue weighted by atomic mass is 35.5. The fraction of sp³-hybridized carbons (Fsp3) is 0.417. The number of pyridine rings is 1. The molecule has 120 valence electrons. The molecule has 1 rings (SSSR count). The van der Waals surface area contributed by atoms with Crippen molar-refractivity contribution >= 4 is 42.3 Å². The molecule has 1 aromatic rings. The minimum absolute atomic E-state index is 0. The van der Waals surface area contributed by atoms with Crippen molar-refractivity contribution in [2.75, 3.05) is 26.0 Å². The van der Waals surface area contributed by atoms with Crippen LogP contribution >= 0.6 is 24.8 Å². The number of carbonyl (C=O) groups excluding carboxylic acids is 2. The molecule has 2 amide bonds. The molecule has 0 spiro atoms. The highest BCUT2D eigenvalue weighted by Crippen LogP contribution is 2.19. The second-order valence-corrected chi connectivity index (χ2v) is 4.09. The summed E-state index contributed by atoms with van der Waals surface area (Å²) in [7, 11) is 3.16. The van der Waals surface area contributed by atoms with Gasteiger partial charge in [0.25, 0.3) is 5.91 Å². The molecule has 0 aliphatic rings. The first kappa shape index (κ1) is 21.7. The number of hydrogen-bond donors (Lipinski definition) is 3. The van der Waals surface area contributed by atoms with E-state index in [0.717, 1.165) is 0 Å². The van der Waals surface area contributed by atoms with Gasteiger partial charge in [-0.2, -0.15) is 0 Å². The van der Waals surface area contributed by atoms with Gasteiger partial charge in [0.2, 0.25) is 11.8 Å². The first-order valence-corrected chi connectivity index (χ1v) is 5.78. The van der Waals surface area contributed by atoms with Crippen LogP contribution in [0.4, 0.5) is 5.69 Å². The summed E-state index contributed by atoms with van der Waals surface area (Å²) in [6, 6.07) is 1.44. The quantitative estimate of drug-likeness (QED) is 0.712. The lowest BCUT2D eigenvalue weighted by atomic mass is 10.1. The molecular formula is C12H20Cl2N4O3. The average molecular weight is 339 g/mol. The van der Waals surface area contributed by atoms with E-state index >= 15 is 0 Å². The number of carbonyl (C=O) groups is 2. The Morgan fingerprint density at radius 2 is 2.05 bits per heavy atom. The molecule has 1 aromatic heterocycles. The summed E-state index contributed by atoms with van der Waals surface area (Å²) in [5.74, 6) is -0.904. The number of hydrogen-bond acceptors (Lipinski definition) is 5. The van der Waals surface area contributed by atoms with Crippen molar-refractivity contribution < 1.29 is 14.3 Å². The van der Waals surface area contributed by atoms with E-state index in [1.165, 1.54) is 19.4 Å². The van der Waals surface area contributed by atoms with E-state index in [1.807, 2.05) is 0 Å².